The summed E-state index contributed by atoms with van der Waals surface area (Å²) in [5.41, 5.74) is 4.63. The van der Waals surface area contributed by atoms with Crippen LogP contribution >= 0.6 is 0 Å². The van der Waals surface area contributed by atoms with Gasteiger partial charge in [-0.1, -0.05) is 52.0 Å². The topological polar surface area (TPSA) is 17.1 Å². The molecule has 0 spiro atoms. The number of allylic oxidation sites excluding steroid dienone is 8. The van der Waals surface area contributed by atoms with Gasteiger partial charge in [-0.3, -0.25) is 4.79 Å². The van der Waals surface area contributed by atoms with Crippen molar-refractivity contribution >= 4 is 6.29 Å². The predicted octanol–water partition coefficient (Wildman–Crippen LogP) is 4.63. The number of carbonyl (C=O) groups is 1. The lowest BCUT2D eigenvalue weighted by molar-refractivity contribution is -0.104. The Morgan fingerprint density at radius 3 is 2.26 bits per heavy atom. The van der Waals surface area contributed by atoms with E-state index in [2.05, 4.69) is 52.8 Å². The molecular formula is C18H24O. The van der Waals surface area contributed by atoms with E-state index in [1.807, 2.05) is 6.08 Å². The molecule has 0 aromatic heterocycles. The van der Waals surface area contributed by atoms with Crippen LogP contribution in [-0.2, 0) is 4.79 Å². The molecule has 0 heterocycles. The molecule has 1 heteroatoms. The molecule has 0 aromatic carbocycles. The van der Waals surface area contributed by atoms with Gasteiger partial charge in [0.1, 0.15) is 0 Å². The standard InChI is InChI=1S/C18H24O/c1-12(2)18(13(3)4)9-8-14(5)16-7-6-15(11-19)17(16)10-18/h6-8,10-13H,9H2,1-5H3. The molecule has 2 rings (SSSR count). The zero-order valence-electron chi connectivity index (χ0n) is 12.7. The Hall–Kier alpha value is -1.37. The number of rotatable bonds is 3. The van der Waals surface area contributed by atoms with Crippen molar-refractivity contribution in [2.75, 3.05) is 0 Å². The van der Waals surface area contributed by atoms with E-state index in [9.17, 15) is 4.79 Å². The summed E-state index contributed by atoms with van der Waals surface area (Å²) in [6.07, 6.45) is 10.8. The zero-order valence-corrected chi connectivity index (χ0v) is 12.7. The number of carbonyl (C=O) groups excluding carboxylic acids is 1. The molecule has 19 heavy (non-hydrogen) atoms. The predicted molar refractivity (Wildman–Crippen MR) is 80.8 cm³/mol. The van der Waals surface area contributed by atoms with Crippen molar-refractivity contribution in [1.29, 1.82) is 0 Å². The Balaban J connectivity index is 2.61. The first-order valence-corrected chi connectivity index (χ1v) is 7.20. The van der Waals surface area contributed by atoms with Gasteiger partial charge in [0.2, 0.25) is 0 Å². The second-order valence-corrected chi connectivity index (χ2v) is 6.39. The molecule has 0 atom stereocenters. The van der Waals surface area contributed by atoms with Crippen LogP contribution in [0.3, 0.4) is 0 Å². The van der Waals surface area contributed by atoms with Crippen LogP contribution < -0.4 is 0 Å². The summed E-state index contributed by atoms with van der Waals surface area (Å²) < 4.78 is 0. The van der Waals surface area contributed by atoms with Gasteiger partial charge in [0.05, 0.1) is 0 Å². The van der Waals surface area contributed by atoms with E-state index < -0.39 is 0 Å². The molecule has 0 saturated heterocycles. The Morgan fingerprint density at radius 1 is 1.11 bits per heavy atom. The van der Waals surface area contributed by atoms with Crippen LogP contribution in [0.4, 0.5) is 0 Å². The summed E-state index contributed by atoms with van der Waals surface area (Å²) in [5, 5.41) is 0. The van der Waals surface area contributed by atoms with Crippen LogP contribution in [0.15, 0.2) is 46.6 Å². The van der Waals surface area contributed by atoms with Gasteiger partial charge in [0.15, 0.2) is 6.29 Å². The maximum absolute atomic E-state index is 11.3. The van der Waals surface area contributed by atoms with E-state index in [0.29, 0.717) is 11.8 Å². The summed E-state index contributed by atoms with van der Waals surface area (Å²) in [6.45, 7) is 11.3. The minimum atomic E-state index is 0.138. The van der Waals surface area contributed by atoms with Gasteiger partial charge in [0, 0.05) is 5.57 Å². The first-order chi connectivity index (χ1) is 8.92. The van der Waals surface area contributed by atoms with Crippen LogP contribution in [0.25, 0.3) is 0 Å². The third-order valence-electron chi connectivity index (χ3n) is 4.91. The lowest BCUT2D eigenvalue weighted by Gasteiger charge is -2.38. The van der Waals surface area contributed by atoms with Gasteiger partial charge in [-0.2, -0.15) is 0 Å². The van der Waals surface area contributed by atoms with E-state index in [1.54, 1.807) is 0 Å². The van der Waals surface area contributed by atoms with Crippen LogP contribution in [0.1, 0.15) is 41.0 Å². The summed E-state index contributed by atoms with van der Waals surface area (Å²) in [7, 11) is 0. The fourth-order valence-electron chi connectivity index (χ4n) is 3.35. The average Bonchev–Trinajstić information content (AvgIpc) is 2.68. The number of hydrogen-bond acceptors (Lipinski definition) is 1. The van der Waals surface area contributed by atoms with Crippen molar-refractivity contribution in [3.63, 3.8) is 0 Å². The third kappa shape index (κ3) is 2.16. The van der Waals surface area contributed by atoms with Crippen LogP contribution in [-0.4, -0.2) is 6.29 Å². The molecule has 102 valence electrons. The highest BCUT2D eigenvalue weighted by atomic mass is 16.1. The Bertz CT molecular complexity index is 502. The van der Waals surface area contributed by atoms with E-state index in [-0.39, 0.29) is 5.41 Å². The molecule has 0 amide bonds. The van der Waals surface area contributed by atoms with Crippen LogP contribution in [0, 0.1) is 17.3 Å². The highest BCUT2D eigenvalue weighted by Gasteiger charge is 2.37. The maximum atomic E-state index is 11.3. The molecule has 0 N–H and O–H groups in total. The van der Waals surface area contributed by atoms with Gasteiger partial charge < -0.3 is 0 Å². The molecule has 0 aromatic rings. The Kier molecular flexibility index (Phi) is 3.66. The van der Waals surface area contributed by atoms with Crippen molar-refractivity contribution in [1.82, 2.24) is 0 Å². The molecule has 2 aliphatic rings. The van der Waals surface area contributed by atoms with E-state index >= 15 is 0 Å². The van der Waals surface area contributed by atoms with Crippen LogP contribution in [0.5, 0.6) is 0 Å². The fourth-order valence-corrected chi connectivity index (χ4v) is 3.35. The van der Waals surface area contributed by atoms with Crippen molar-refractivity contribution < 1.29 is 4.79 Å². The molecular weight excluding hydrogens is 232 g/mol. The Labute approximate surface area is 116 Å². The minimum absolute atomic E-state index is 0.138. The van der Waals surface area contributed by atoms with Crippen LogP contribution in [0.2, 0.25) is 0 Å². The molecule has 0 fully saturated rings. The van der Waals surface area contributed by atoms with E-state index in [4.69, 9.17) is 0 Å². The monoisotopic (exact) mass is 256 g/mol. The lowest BCUT2D eigenvalue weighted by atomic mass is 9.66. The molecule has 0 saturated carbocycles. The van der Waals surface area contributed by atoms with Crippen molar-refractivity contribution in [3.8, 4) is 0 Å². The summed E-state index contributed by atoms with van der Waals surface area (Å²) in [4.78, 5) is 11.3. The molecule has 0 unspecified atom stereocenters. The average molecular weight is 256 g/mol. The molecule has 0 aliphatic heterocycles. The molecule has 1 nitrogen and oxygen atoms in total. The minimum Gasteiger partial charge on any atom is -0.298 e. The van der Waals surface area contributed by atoms with Gasteiger partial charge in [-0.05, 0) is 47.3 Å². The summed E-state index contributed by atoms with van der Waals surface area (Å²) in [5.74, 6) is 1.11. The van der Waals surface area contributed by atoms with E-state index in [1.165, 1.54) is 11.1 Å². The normalized spacial score (nSPS) is 21.4. The van der Waals surface area contributed by atoms with E-state index in [0.717, 1.165) is 23.9 Å². The molecule has 2 aliphatic carbocycles. The third-order valence-corrected chi connectivity index (χ3v) is 4.91. The van der Waals surface area contributed by atoms with Gasteiger partial charge in [-0.25, -0.2) is 0 Å². The first kappa shape index (κ1) is 14.0. The highest BCUT2D eigenvalue weighted by molar-refractivity contribution is 5.87. The highest BCUT2D eigenvalue weighted by Crippen LogP contribution is 2.47. The van der Waals surface area contributed by atoms with Crippen molar-refractivity contribution in [3.05, 3.63) is 46.6 Å². The second-order valence-electron chi connectivity index (χ2n) is 6.39. The van der Waals surface area contributed by atoms with Gasteiger partial charge in [-0.15, -0.1) is 0 Å². The molecule has 0 radical (unpaired) electrons. The number of aldehydes is 1. The maximum Gasteiger partial charge on any atom is 0.150 e. The number of hydrogen-bond donors (Lipinski definition) is 0. The zero-order chi connectivity index (χ0) is 14.2. The Morgan fingerprint density at radius 2 is 1.74 bits per heavy atom. The van der Waals surface area contributed by atoms with Gasteiger partial charge in [0.25, 0.3) is 0 Å². The van der Waals surface area contributed by atoms with Crippen molar-refractivity contribution in [2.45, 2.75) is 41.0 Å². The van der Waals surface area contributed by atoms with Gasteiger partial charge >= 0.3 is 0 Å². The SMILES string of the molecule is CC1=CCC(C(C)C)(C(C)C)C=C2C(C=O)=CC=C12. The summed E-state index contributed by atoms with van der Waals surface area (Å²) >= 11 is 0. The second kappa shape index (κ2) is 4.96. The van der Waals surface area contributed by atoms with Crippen molar-refractivity contribution in [2.24, 2.45) is 17.3 Å². The number of fused-ring (bicyclic) bond motifs is 1. The lowest BCUT2D eigenvalue weighted by Crippen LogP contribution is -2.30. The largest absolute Gasteiger partial charge is 0.298 e. The molecule has 0 bridgehead atoms. The first-order valence-electron chi connectivity index (χ1n) is 7.20. The fraction of sp³-hybridized carbons (Fsp3) is 0.500. The summed E-state index contributed by atoms with van der Waals surface area (Å²) in [6, 6.07) is 0. The quantitative estimate of drug-likeness (QED) is 0.673. The smallest absolute Gasteiger partial charge is 0.150 e.